The Morgan fingerprint density at radius 1 is 1.07 bits per heavy atom. The first kappa shape index (κ1) is 20.1. The lowest BCUT2D eigenvalue weighted by Gasteiger charge is -2.23. The third-order valence-corrected chi connectivity index (χ3v) is 6.61. The van der Waals surface area contributed by atoms with Gasteiger partial charge in [0.05, 0.1) is 18.1 Å². The van der Waals surface area contributed by atoms with Crippen LogP contribution < -0.4 is 5.32 Å². The number of carbonyl (C=O) groups is 2. The Hall–Kier alpha value is -2.67. The monoisotopic (exact) mass is 400 g/mol. The van der Waals surface area contributed by atoms with Crippen molar-refractivity contribution in [2.24, 2.45) is 0 Å². The summed E-state index contributed by atoms with van der Waals surface area (Å²) in [6, 6.07) is 16.6. The van der Waals surface area contributed by atoms with Gasteiger partial charge in [-0.05, 0) is 30.5 Å². The molecule has 0 aromatic heterocycles. The van der Waals surface area contributed by atoms with Crippen molar-refractivity contribution in [3.63, 3.8) is 0 Å². The van der Waals surface area contributed by atoms with E-state index >= 15 is 0 Å². The highest BCUT2D eigenvalue weighted by Gasteiger charge is 2.29. The fraction of sp³-hybridized carbons (Fsp3) is 0.333. The van der Waals surface area contributed by atoms with Crippen LogP contribution in [0.2, 0.25) is 0 Å². The minimum atomic E-state index is -3.07. The van der Waals surface area contributed by atoms with E-state index in [0.717, 1.165) is 11.1 Å². The number of nitrogens with zero attached hydrogens (tertiary/aromatic N) is 1. The highest BCUT2D eigenvalue weighted by molar-refractivity contribution is 7.91. The largest absolute Gasteiger partial charge is 0.351 e. The van der Waals surface area contributed by atoms with Gasteiger partial charge in [-0.25, -0.2) is 8.42 Å². The zero-order chi connectivity index (χ0) is 20.1. The summed E-state index contributed by atoms with van der Waals surface area (Å²) in [5.74, 6) is -0.500. The van der Waals surface area contributed by atoms with Crippen molar-refractivity contribution < 1.29 is 18.0 Å². The maximum atomic E-state index is 13.1. The Morgan fingerprint density at radius 3 is 2.39 bits per heavy atom. The first-order chi connectivity index (χ1) is 13.4. The van der Waals surface area contributed by atoms with Crippen LogP contribution in [0, 0.1) is 0 Å². The van der Waals surface area contributed by atoms with Gasteiger partial charge in [0, 0.05) is 18.2 Å². The molecule has 28 heavy (non-hydrogen) atoms. The number of carbonyl (C=O) groups excluding carboxylic acids is 2. The lowest BCUT2D eigenvalue weighted by Crippen LogP contribution is -2.44. The van der Waals surface area contributed by atoms with E-state index in [4.69, 9.17) is 0 Å². The van der Waals surface area contributed by atoms with Crippen molar-refractivity contribution in [2.75, 3.05) is 24.6 Å². The van der Waals surface area contributed by atoms with Crippen LogP contribution in [0.1, 0.15) is 23.7 Å². The predicted octanol–water partition coefficient (Wildman–Crippen LogP) is 2.12. The van der Waals surface area contributed by atoms with Crippen LogP contribution in [0.25, 0.3) is 11.1 Å². The average molecular weight is 401 g/mol. The van der Waals surface area contributed by atoms with E-state index in [0.29, 0.717) is 18.5 Å². The number of sulfone groups is 1. The van der Waals surface area contributed by atoms with Crippen molar-refractivity contribution in [1.29, 1.82) is 0 Å². The molecule has 0 radical (unpaired) electrons. The van der Waals surface area contributed by atoms with E-state index < -0.39 is 9.84 Å². The van der Waals surface area contributed by atoms with Crippen LogP contribution in [0.3, 0.4) is 0 Å². The molecule has 2 amide bonds. The van der Waals surface area contributed by atoms with Gasteiger partial charge in [-0.2, -0.15) is 0 Å². The third kappa shape index (κ3) is 4.78. The van der Waals surface area contributed by atoms with Crippen LogP contribution in [0.15, 0.2) is 54.6 Å². The summed E-state index contributed by atoms with van der Waals surface area (Å²) in [5, 5.41) is 2.74. The number of nitrogens with one attached hydrogen (secondary N) is 1. The topological polar surface area (TPSA) is 83.6 Å². The van der Waals surface area contributed by atoms with Crippen molar-refractivity contribution >= 4 is 21.7 Å². The molecular weight excluding hydrogens is 376 g/mol. The summed E-state index contributed by atoms with van der Waals surface area (Å²) < 4.78 is 23.1. The number of likely N-dealkylation sites (N-methyl/N-ethyl adjacent to an activating group) is 1. The molecule has 0 aliphatic carbocycles. The molecule has 1 fully saturated rings. The fourth-order valence-corrected chi connectivity index (χ4v) is 5.07. The molecule has 2 aromatic rings. The van der Waals surface area contributed by atoms with Gasteiger partial charge < -0.3 is 10.2 Å². The quantitative estimate of drug-likeness (QED) is 0.805. The fourth-order valence-electron chi connectivity index (χ4n) is 3.39. The van der Waals surface area contributed by atoms with E-state index in [9.17, 15) is 18.0 Å². The Labute approximate surface area is 165 Å². The predicted molar refractivity (Wildman–Crippen MR) is 109 cm³/mol. The first-order valence-electron chi connectivity index (χ1n) is 9.33. The second-order valence-electron chi connectivity index (χ2n) is 6.90. The van der Waals surface area contributed by atoms with Crippen molar-refractivity contribution in [1.82, 2.24) is 10.2 Å². The number of rotatable bonds is 6. The summed E-state index contributed by atoms with van der Waals surface area (Å²) in [6.45, 7) is 2.09. The van der Waals surface area contributed by atoms with E-state index in [1.54, 1.807) is 12.1 Å². The van der Waals surface area contributed by atoms with Crippen molar-refractivity contribution in [3.8, 4) is 11.1 Å². The zero-order valence-corrected chi connectivity index (χ0v) is 16.6. The van der Waals surface area contributed by atoms with Crippen LogP contribution in [-0.4, -0.2) is 55.8 Å². The van der Waals surface area contributed by atoms with Gasteiger partial charge in [0.1, 0.15) is 0 Å². The third-order valence-electron chi connectivity index (χ3n) is 4.84. The molecule has 0 spiro atoms. The molecule has 1 heterocycles. The molecule has 1 aliphatic heterocycles. The summed E-state index contributed by atoms with van der Waals surface area (Å²) in [4.78, 5) is 26.9. The molecule has 1 atom stereocenters. The first-order valence-corrected chi connectivity index (χ1v) is 11.2. The van der Waals surface area contributed by atoms with E-state index in [1.807, 2.05) is 49.4 Å². The molecule has 7 heteroatoms. The summed E-state index contributed by atoms with van der Waals surface area (Å²) in [7, 11) is -3.07. The summed E-state index contributed by atoms with van der Waals surface area (Å²) in [6.07, 6.45) is 0.422. The highest BCUT2D eigenvalue weighted by Crippen LogP contribution is 2.24. The molecule has 3 rings (SSSR count). The lowest BCUT2D eigenvalue weighted by atomic mass is 9.99. The SMILES string of the molecule is CCN(CC(=O)NC1CCS(=O)(=O)C1)C(=O)c1ccccc1-c1ccccc1. The summed E-state index contributed by atoms with van der Waals surface area (Å²) in [5.41, 5.74) is 2.28. The molecule has 1 aliphatic rings. The van der Waals surface area contributed by atoms with Crippen molar-refractivity contribution in [2.45, 2.75) is 19.4 Å². The Bertz CT molecular complexity index is 957. The van der Waals surface area contributed by atoms with E-state index in [-0.39, 0.29) is 35.9 Å². The maximum Gasteiger partial charge on any atom is 0.254 e. The van der Waals surface area contributed by atoms with Gasteiger partial charge in [-0.3, -0.25) is 9.59 Å². The molecular formula is C21H24N2O4S. The number of amides is 2. The van der Waals surface area contributed by atoms with Crippen LogP contribution in [0.5, 0.6) is 0 Å². The molecule has 6 nitrogen and oxygen atoms in total. The molecule has 1 N–H and O–H groups in total. The normalized spacial score (nSPS) is 17.8. The molecule has 0 bridgehead atoms. The van der Waals surface area contributed by atoms with Gasteiger partial charge in [-0.1, -0.05) is 48.5 Å². The van der Waals surface area contributed by atoms with Crippen LogP contribution >= 0.6 is 0 Å². The molecule has 0 saturated carbocycles. The molecule has 1 unspecified atom stereocenters. The second kappa shape index (κ2) is 8.56. The highest BCUT2D eigenvalue weighted by atomic mass is 32.2. The average Bonchev–Trinajstić information content (AvgIpc) is 3.04. The van der Waals surface area contributed by atoms with Crippen LogP contribution in [0.4, 0.5) is 0 Å². The van der Waals surface area contributed by atoms with Gasteiger partial charge in [0.2, 0.25) is 5.91 Å². The zero-order valence-electron chi connectivity index (χ0n) is 15.8. The second-order valence-corrected chi connectivity index (χ2v) is 9.13. The molecule has 2 aromatic carbocycles. The Kier molecular flexibility index (Phi) is 6.14. The Balaban J connectivity index is 1.73. The minimum absolute atomic E-state index is 0.0321. The number of hydrogen-bond acceptors (Lipinski definition) is 4. The molecule has 148 valence electrons. The lowest BCUT2D eigenvalue weighted by molar-refractivity contribution is -0.122. The van der Waals surface area contributed by atoms with E-state index in [2.05, 4.69) is 5.32 Å². The van der Waals surface area contributed by atoms with Gasteiger partial charge in [0.15, 0.2) is 9.84 Å². The summed E-state index contributed by atoms with van der Waals surface area (Å²) >= 11 is 0. The van der Waals surface area contributed by atoms with Gasteiger partial charge in [-0.15, -0.1) is 0 Å². The van der Waals surface area contributed by atoms with Gasteiger partial charge in [0.25, 0.3) is 5.91 Å². The van der Waals surface area contributed by atoms with Gasteiger partial charge >= 0.3 is 0 Å². The van der Waals surface area contributed by atoms with Crippen LogP contribution in [-0.2, 0) is 14.6 Å². The smallest absolute Gasteiger partial charge is 0.254 e. The minimum Gasteiger partial charge on any atom is -0.351 e. The number of hydrogen-bond donors (Lipinski definition) is 1. The van der Waals surface area contributed by atoms with E-state index in [1.165, 1.54) is 4.90 Å². The number of benzene rings is 2. The Morgan fingerprint density at radius 2 is 1.75 bits per heavy atom. The molecule has 1 saturated heterocycles. The standard InChI is InChI=1S/C21H24N2O4S/c1-2-23(14-20(24)22-17-12-13-28(26,27)15-17)21(25)19-11-7-6-10-18(19)16-8-4-3-5-9-16/h3-11,17H,2,12-15H2,1H3,(H,22,24). The maximum absolute atomic E-state index is 13.1. The van der Waals surface area contributed by atoms with Crippen molar-refractivity contribution in [3.05, 3.63) is 60.2 Å².